The topological polar surface area (TPSA) is 52.0 Å². The first-order valence-electron chi connectivity index (χ1n) is 8.03. The van der Waals surface area contributed by atoms with Crippen LogP contribution in [0, 0.1) is 5.92 Å². The van der Waals surface area contributed by atoms with Crippen molar-refractivity contribution in [1.82, 2.24) is 20.1 Å². The lowest BCUT2D eigenvalue weighted by Gasteiger charge is -2.31. The summed E-state index contributed by atoms with van der Waals surface area (Å²) in [6.07, 6.45) is 7.24. The zero-order valence-corrected chi connectivity index (χ0v) is 12.8. The maximum atomic E-state index is 5.49. The van der Waals surface area contributed by atoms with Crippen molar-refractivity contribution in [3.05, 3.63) is 12.2 Å². The Hall–Kier alpha value is -0.940. The summed E-state index contributed by atoms with van der Waals surface area (Å²) in [4.78, 5) is 4.46. The molecule has 0 spiro atoms. The Labute approximate surface area is 122 Å². The minimum Gasteiger partial charge on any atom is -0.381 e. The molecule has 5 nitrogen and oxygen atoms in total. The van der Waals surface area contributed by atoms with E-state index in [0.29, 0.717) is 12.0 Å². The van der Waals surface area contributed by atoms with Gasteiger partial charge in [0.15, 0.2) is 0 Å². The van der Waals surface area contributed by atoms with Crippen LogP contribution in [0.3, 0.4) is 0 Å². The highest BCUT2D eigenvalue weighted by Crippen LogP contribution is 2.21. The molecule has 0 bridgehead atoms. The van der Waals surface area contributed by atoms with Gasteiger partial charge in [-0.15, -0.1) is 0 Å². The predicted octanol–water partition coefficient (Wildman–Crippen LogP) is 2.03. The number of ether oxygens (including phenoxy) is 1. The standard InChI is InChI=1S/C15H28N4O/c1-3-7-16-14(13-5-9-20-10-6-13)11-15-17-12-18-19(15)8-4-2/h12-14,16H,3-11H2,1-2H3. The highest BCUT2D eigenvalue weighted by atomic mass is 16.5. The Morgan fingerprint density at radius 3 is 2.85 bits per heavy atom. The summed E-state index contributed by atoms with van der Waals surface area (Å²) < 4.78 is 7.55. The normalized spacial score (nSPS) is 18.3. The van der Waals surface area contributed by atoms with E-state index in [1.54, 1.807) is 6.33 Å². The lowest BCUT2D eigenvalue weighted by molar-refractivity contribution is 0.0534. The fourth-order valence-corrected chi connectivity index (χ4v) is 2.89. The average molecular weight is 280 g/mol. The molecule has 1 aliphatic rings. The van der Waals surface area contributed by atoms with Crippen LogP contribution in [0.2, 0.25) is 0 Å². The van der Waals surface area contributed by atoms with Crippen LogP contribution in [-0.4, -0.2) is 40.6 Å². The summed E-state index contributed by atoms with van der Waals surface area (Å²) in [6.45, 7) is 8.23. The Bertz CT molecular complexity index is 374. The summed E-state index contributed by atoms with van der Waals surface area (Å²) in [5.74, 6) is 1.81. The van der Waals surface area contributed by atoms with Gasteiger partial charge in [-0.2, -0.15) is 5.10 Å². The first-order valence-corrected chi connectivity index (χ1v) is 8.03. The van der Waals surface area contributed by atoms with Crippen LogP contribution in [0.1, 0.15) is 45.4 Å². The van der Waals surface area contributed by atoms with E-state index >= 15 is 0 Å². The van der Waals surface area contributed by atoms with Crippen molar-refractivity contribution in [2.75, 3.05) is 19.8 Å². The molecule has 1 aromatic heterocycles. The third kappa shape index (κ3) is 4.28. The van der Waals surface area contributed by atoms with Crippen LogP contribution in [0.5, 0.6) is 0 Å². The van der Waals surface area contributed by atoms with Gasteiger partial charge in [0, 0.05) is 32.2 Å². The molecule has 0 amide bonds. The molecule has 20 heavy (non-hydrogen) atoms. The third-order valence-corrected chi connectivity index (χ3v) is 4.03. The van der Waals surface area contributed by atoms with E-state index in [-0.39, 0.29) is 0 Å². The van der Waals surface area contributed by atoms with E-state index in [2.05, 4.69) is 33.9 Å². The fourth-order valence-electron chi connectivity index (χ4n) is 2.89. The van der Waals surface area contributed by atoms with Crippen LogP contribution in [0.4, 0.5) is 0 Å². The highest BCUT2D eigenvalue weighted by Gasteiger charge is 2.25. The van der Waals surface area contributed by atoms with Gasteiger partial charge in [0.1, 0.15) is 12.2 Å². The number of hydrogen-bond donors (Lipinski definition) is 1. The molecule has 1 fully saturated rings. The molecule has 1 aliphatic heterocycles. The van der Waals surface area contributed by atoms with E-state index in [1.165, 1.54) is 6.42 Å². The van der Waals surface area contributed by atoms with Crippen LogP contribution < -0.4 is 5.32 Å². The zero-order chi connectivity index (χ0) is 14.2. The van der Waals surface area contributed by atoms with Gasteiger partial charge >= 0.3 is 0 Å². The molecular formula is C15H28N4O. The van der Waals surface area contributed by atoms with Crippen LogP contribution in [0.25, 0.3) is 0 Å². The van der Waals surface area contributed by atoms with Gasteiger partial charge in [0.25, 0.3) is 0 Å². The summed E-state index contributed by atoms with van der Waals surface area (Å²) in [5.41, 5.74) is 0. The molecular weight excluding hydrogens is 252 g/mol. The second kappa shape index (κ2) is 8.37. The molecule has 1 atom stereocenters. The molecule has 0 saturated carbocycles. The van der Waals surface area contributed by atoms with Crippen LogP contribution >= 0.6 is 0 Å². The van der Waals surface area contributed by atoms with Gasteiger partial charge in [0.2, 0.25) is 0 Å². The van der Waals surface area contributed by atoms with E-state index in [9.17, 15) is 0 Å². The minimum absolute atomic E-state index is 0.499. The van der Waals surface area contributed by atoms with E-state index in [0.717, 1.165) is 57.8 Å². The summed E-state index contributed by atoms with van der Waals surface area (Å²) in [5, 5.41) is 8.05. The fraction of sp³-hybridized carbons (Fsp3) is 0.867. The van der Waals surface area contributed by atoms with Crippen molar-refractivity contribution in [3.63, 3.8) is 0 Å². The molecule has 5 heteroatoms. The largest absolute Gasteiger partial charge is 0.381 e. The van der Waals surface area contributed by atoms with E-state index in [4.69, 9.17) is 4.74 Å². The number of aryl methyl sites for hydroxylation is 1. The lowest BCUT2D eigenvalue weighted by atomic mass is 9.89. The molecule has 2 rings (SSSR count). The van der Waals surface area contributed by atoms with Gasteiger partial charge in [-0.25, -0.2) is 4.98 Å². The number of rotatable bonds is 8. The monoisotopic (exact) mass is 280 g/mol. The zero-order valence-electron chi connectivity index (χ0n) is 12.8. The summed E-state index contributed by atoms with van der Waals surface area (Å²) in [7, 11) is 0. The quantitative estimate of drug-likeness (QED) is 0.791. The Morgan fingerprint density at radius 1 is 1.35 bits per heavy atom. The lowest BCUT2D eigenvalue weighted by Crippen LogP contribution is -2.41. The molecule has 1 aromatic rings. The number of aromatic nitrogens is 3. The maximum absolute atomic E-state index is 5.49. The molecule has 0 radical (unpaired) electrons. The first kappa shape index (κ1) is 15.4. The van der Waals surface area contributed by atoms with Gasteiger partial charge < -0.3 is 10.1 Å². The first-order chi connectivity index (χ1) is 9.85. The summed E-state index contributed by atoms with van der Waals surface area (Å²) in [6, 6.07) is 0.499. The van der Waals surface area contributed by atoms with E-state index in [1.807, 2.05) is 0 Å². The van der Waals surface area contributed by atoms with Gasteiger partial charge in [-0.05, 0) is 38.1 Å². The van der Waals surface area contributed by atoms with Gasteiger partial charge in [0.05, 0.1) is 0 Å². The molecule has 2 heterocycles. The van der Waals surface area contributed by atoms with Crippen molar-refractivity contribution in [2.24, 2.45) is 5.92 Å². The van der Waals surface area contributed by atoms with Crippen molar-refractivity contribution < 1.29 is 4.74 Å². The number of hydrogen-bond acceptors (Lipinski definition) is 4. The Kier molecular flexibility index (Phi) is 6.47. The molecule has 114 valence electrons. The average Bonchev–Trinajstić information content (AvgIpc) is 2.92. The van der Waals surface area contributed by atoms with Crippen LogP contribution in [-0.2, 0) is 17.7 Å². The van der Waals surface area contributed by atoms with Crippen molar-refractivity contribution >= 4 is 0 Å². The maximum Gasteiger partial charge on any atom is 0.138 e. The molecule has 1 saturated heterocycles. The molecule has 0 aliphatic carbocycles. The Morgan fingerprint density at radius 2 is 2.15 bits per heavy atom. The molecule has 1 unspecified atom stereocenters. The predicted molar refractivity (Wildman–Crippen MR) is 79.6 cm³/mol. The minimum atomic E-state index is 0.499. The molecule has 1 N–H and O–H groups in total. The van der Waals surface area contributed by atoms with Crippen molar-refractivity contribution in [1.29, 1.82) is 0 Å². The summed E-state index contributed by atoms with van der Waals surface area (Å²) >= 11 is 0. The second-order valence-electron chi connectivity index (χ2n) is 5.61. The SMILES string of the molecule is CCCNC(Cc1ncnn1CCC)C1CCOCC1. The second-order valence-corrected chi connectivity index (χ2v) is 5.61. The molecule has 0 aromatic carbocycles. The van der Waals surface area contributed by atoms with E-state index < -0.39 is 0 Å². The van der Waals surface area contributed by atoms with Gasteiger partial charge in [-0.1, -0.05) is 13.8 Å². The van der Waals surface area contributed by atoms with Crippen LogP contribution in [0.15, 0.2) is 6.33 Å². The Balaban J connectivity index is 1.99. The van der Waals surface area contributed by atoms with Crippen molar-refractivity contribution in [3.8, 4) is 0 Å². The number of nitrogens with zero attached hydrogens (tertiary/aromatic N) is 3. The smallest absolute Gasteiger partial charge is 0.138 e. The van der Waals surface area contributed by atoms with Crippen molar-refractivity contribution in [2.45, 2.75) is 58.5 Å². The third-order valence-electron chi connectivity index (χ3n) is 4.03. The highest BCUT2D eigenvalue weighted by molar-refractivity contribution is 4.93. The van der Waals surface area contributed by atoms with Gasteiger partial charge in [-0.3, -0.25) is 4.68 Å². The number of nitrogens with one attached hydrogen (secondary N) is 1.